The molecule has 2 heterocycles. The molecule has 0 saturated carbocycles. The maximum absolute atomic E-state index is 11.7. The van der Waals surface area contributed by atoms with Gasteiger partial charge in [-0.25, -0.2) is 9.78 Å². The molecule has 1 aromatic carbocycles. The average molecular weight is 314 g/mol. The van der Waals surface area contributed by atoms with Crippen molar-refractivity contribution in [1.82, 2.24) is 10.3 Å². The third-order valence-corrected chi connectivity index (χ3v) is 4.28. The number of hydrogen-bond donors (Lipinski definition) is 1. The maximum atomic E-state index is 11.7. The Hall–Kier alpha value is -1.37. The molecule has 1 aliphatic heterocycles. The molecule has 0 radical (unpaired) electrons. The molecule has 2 aromatic rings. The number of para-hydroxylation sites is 1. The number of halogens is 1. The molecule has 0 aliphatic carbocycles. The maximum Gasteiger partial charge on any atom is 0.340 e. The summed E-state index contributed by atoms with van der Waals surface area (Å²) >= 11 is 1.63. The first-order valence-corrected chi connectivity index (χ1v) is 7.05. The topological polar surface area (TPSA) is 54.5 Å². The molecule has 0 spiro atoms. The van der Waals surface area contributed by atoms with Gasteiger partial charge in [-0.3, -0.25) is 0 Å². The zero-order valence-electron chi connectivity index (χ0n) is 11.1. The number of methoxy groups -OCH3 is 1. The highest BCUT2D eigenvalue weighted by atomic mass is 35.5. The smallest absolute Gasteiger partial charge is 0.340 e. The summed E-state index contributed by atoms with van der Waals surface area (Å²) < 4.78 is 5.83. The largest absolute Gasteiger partial charge is 0.465 e. The molecule has 108 valence electrons. The van der Waals surface area contributed by atoms with E-state index in [2.05, 4.69) is 15.2 Å². The lowest BCUT2D eigenvalue weighted by atomic mass is 10.2. The molecule has 1 aromatic heterocycles. The van der Waals surface area contributed by atoms with Crippen molar-refractivity contribution in [3.05, 3.63) is 23.8 Å². The molecule has 0 atom stereocenters. The van der Waals surface area contributed by atoms with Crippen LogP contribution >= 0.6 is 23.7 Å². The monoisotopic (exact) mass is 313 g/mol. The van der Waals surface area contributed by atoms with Crippen molar-refractivity contribution < 1.29 is 9.53 Å². The van der Waals surface area contributed by atoms with Crippen LogP contribution in [0.4, 0.5) is 5.13 Å². The van der Waals surface area contributed by atoms with E-state index in [1.807, 2.05) is 12.1 Å². The van der Waals surface area contributed by atoms with E-state index in [9.17, 15) is 4.79 Å². The fourth-order valence-corrected chi connectivity index (χ4v) is 3.25. The molecule has 0 bridgehead atoms. The molecule has 1 fully saturated rings. The lowest BCUT2D eigenvalue weighted by Gasteiger charge is -2.26. The Kier molecular flexibility index (Phi) is 4.80. The van der Waals surface area contributed by atoms with E-state index in [4.69, 9.17) is 4.74 Å². The summed E-state index contributed by atoms with van der Waals surface area (Å²) in [6.45, 7) is 3.85. The number of fused-ring (bicyclic) bond motifs is 1. The van der Waals surface area contributed by atoms with E-state index >= 15 is 0 Å². The van der Waals surface area contributed by atoms with Gasteiger partial charge in [0.05, 0.1) is 22.9 Å². The first-order chi connectivity index (χ1) is 9.29. The molecule has 20 heavy (non-hydrogen) atoms. The lowest BCUT2D eigenvalue weighted by molar-refractivity contribution is 0.0603. The number of hydrogen-bond acceptors (Lipinski definition) is 6. The van der Waals surface area contributed by atoms with Crippen molar-refractivity contribution in [2.24, 2.45) is 0 Å². The van der Waals surface area contributed by atoms with Gasteiger partial charge >= 0.3 is 5.97 Å². The SMILES string of the molecule is COC(=O)c1cccc2sc(N3CCNCC3)nc12.Cl. The van der Waals surface area contributed by atoms with Crippen molar-refractivity contribution >= 4 is 45.1 Å². The number of aromatic nitrogens is 1. The predicted octanol–water partition coefficient (Wildman–Crippen LogP) is 1.91. The quantitative estimate of drug-likeness (QED) is 0.858. The van der Waals surface area contributed by atoms with Gasteiger partial charge in [0.1, 0.15) is 0 Å². The van der Waals surface area contributed by atoms with Crippen LogP contribution in [0.15, 0.2) is 18.2 Å². The Morgan fingerprint density at radius 3 is 2.85 bits per heavy atom. The second kappa shape index (κ2) is 6.39. The van der Waals surface area contributed by atoms with Gasteiger partial charge in [-0.2, -0.15) is 0 Å². The minimum absolute atomic E-state index is 0. The van der Waals surface area contributed by atoms with Crippen LogP contribution in [0.1, 0.15) is 10.4 Å². The molecule has 1 N–H and O–H groups in total. The van der Waals surface area contributed by atoms with Crippen LogP contribution in [-0.2, 0) is 4.74 Å². The van der Waals surface area contributed by atoms with Gasteiger partial charge in [-0.1, -0.05) is 17.4 Å². The van der Waals surface area contributed by atoms with Gasteiger partial charge in [0.15, 0.2) is 5.13 Å². The highest BCUT2D eigenvalue weighted by Crippen LogP contribution is 2.31. The van der Waals surface area contributed by atoms with E-state index in [-0.39, 0.29) is 18.4 Å². The van der Waals surface area contributed by atoms with Crippen LogP contribution in [-0.4, -0.2) is 44.2 Å². The molecular weight excluding hydrogens is 298 g/mol. The van der Waals surface area contributed by atoms with Crippen molar-refractivity contribution in [1.29, 1.82) is 0 Å². The Morgan fingerprint density at radius 1 is 1.40 bits per heavy atom. The summed E-state index contributed by atoms with van der Waals surface area (Å²) in [7, 11) is 1.39. The fraction of sp³-hybridized carbons (Fsp3) is 0.385. The van der Waals surface area contributed by atoms with Crippen molar-refractivity contribution in [3.63, 3.8) is 0 Å². The van der Waals surface area contributed by atoms with E-state index < -0.39 is 0 Å². The fourth-order valence-electron chi connectivity index (χ4n) is 2.20. The third-order valence-electron chi connectivity index (χ3n) is 3.20. The second-order valence-electron chi connectivity index (χ2n) is 4.38. The number of rotatable bonds is 2. The Bertz CT molecular complexity index is 611. The van der Waals surface area contributed by atoms with E-state index in [1.54, 1.807) is 17.4 Å². The van der Waals surface area contributed by atoms with Gasteiger partial charge in [0, 0.05) is 26.2 Å². The Labute approximate surface area is 127 Å². The lowest BCUT2D eigenvalue weighted by Crippen LogP contribution is -2.43. The molecule has 1 aliphatic rings. The zero-order valence-corrected chi connectivity index (χ0v) is 12.7. The van der Waals surface area contributed by atoms with Gasteiger partial charge in [0.25, 0.3) is 0 Å². The van der Waals surface area contributed by atoms with Crippen LogP contribution in [0.3, 0.4) is 0 Å². The summed E-state index contributed by atoms with van der Waals surface area (Å²) in [6, 6.07) is 5.62. The van der Waals surface area contributed by atoms with E-state index in [0.717, 1.165) is 41.5 Å². The summed E-state index contributed by atoms with van der Waals surface area (Å²) in [4.78, 5) is 18.6. The van der Waals surface area contributed by atoms with Crippen molar-refractivity contribution in [2.45, 2.75) is 0 Å². The molecular formula is C13H16ClN3O2S. The standard InChI is InChI=1S/C13H15N3O2S.ClH/c1-18-12(17)9-3-2-4-10-11(9)15-13(19-10)16-7-5-14-6-8-16;/h2-4,14H,5-8H2,1H3;1H. The minimum Gasteiger partial charge on any atom is -0.465 e. The number of esters is 1. The minimum atomic E-state index is -0.331. The number of benzene rings is 1. The van der Waals surface area contributed by atoms with Crippen molar-refractivity contribution in [2.75, 3.05) is 38.2 Å². The summed E-state index contributed by atoms with van der Waals surface area (Å²) in [6.07, 6.45) is 0. The van der Waals surface area contributed by atoms with Crippen LogP contribution < -0.4 is 10.2 Å². The number of carbonyl (C=O) groups excluding carboxylic acids is 1. The number of thiazole rings is 1. The van der Waals surface area contributed by atoms with Gasteiger partial charge in [-0.05, 0) is 12.1 Å². The van der Waals surface area contributed by atoms with Crippen LogP contribution in [0.2, 0.25) is 0 Å². The van der Waals surface area contributed by atoms with E-state index in [0.29, 0.717) is 5.56 Å². The molecule has 1 saturated heterocycles. The molecule has 7 heteroatoms. The normalized spacial score (nSPS) is 14.9. The highest BCUT2D eigenvalue weighted by Gasteiger charge is 2.18. The first-order valence-electron chi connectivity index (χ1n) is 6.23. The van der Waals surface area contributed by atoms with Gasteiger partial charge < -0.3 is 15.0 Å². The average Bonchev–Trinajstić information content (AvgIpc) is 2.91. The predicted molar refractivity (Wildman–Crippen MR) is 83.3 cm³/mol. The van der Waals surface area contributed by atoms with Crippen LogP contribution in [0.25, 0.3) is 10.2 Å². The molecule has 0 unspecified atom stereocenters. The summed E-state index contributed by atoms with van der Waals surface area (Å²) in [5.74, 6) is -0.331. The Morgan fingerprint density at radius 2 is 2.15 bits per heavy atom. The van der Waals surface area contributed by atoms with Crippen LogP contribution in [0.5, 0.6) is 0 Å². The third kappa shape index (κ3) is 2.72. The van der Waals surface area contributed by atoms with Crippen LogP contribution in [0, 0.1) is 0 Å². The van der Waals surface area contributed by atoms with Gasteiger partial charge in [-0.15, -0.1) is 12.4 Å². The number of anilines is 1. The number of nitrogens with zero attached hydrogens (tertiary/aromatic N) is 2. The number of carbonyl (C=O) groups is 1. The highest BCUT2D eigenvalue weighted by molar-refractivity contribution is 7.22. The number of piperazine rings is 1. The van der Waals surface area contributed by atoms with Crippen molar-refractivity contribution in [3.8, 4) is 0 Å². The molecule has 0 amide bonds. The second-order valence-corrected chi connectivity index (χ2v) is 5.39. The number of nitrogens with one attached hydrogen (secondary N) is 1. The molecule has 3 rings (SSSR count). The van der Waals surface area contributed by atoms with E-state index in [1.165, 1.54) is 7.11 Å². The molecule has 5 nitrogen and oxygen atoms in total. The summed E-state index contributed by atoms with van der Waals surface area (Å²) in [5, 5.41) is 4.30. The zero-order chi connectivity index (χ0) is 13.2. The number of ether oxygens (including phenoxy) is 1. The summed E-state index contributed by atoms with van der Waals surface area (Å²) in [5.41, 5.74) is 1.28. The van der Waals surface area contributed by atoms with Gasteiger partial charge in [0.2, 0.25) is 0 Å². The first kappa shape index (κ1) is 15.0. The Balaban J connectivity index is 0.00000147.